The Balaban J connectivity index is 1.02. The van der Waals surface area contributed by atoms with Crippen molar-refractivity contribution in [3.63, 3.8) is 0 Å². The number of nitrogens with zero attached hydrogens (tertiary/aromatic N) is 6. The first-order chi connectivity index (χ1) is 18.6. The van der Waals surface area contributed by atoms with Crippen LogP contribution in [0.5, 0.6) is 5.75 Å². The Morgan fingerprint density at radius 1 is 0.974 bits per heavy atom. The molecule has 0 spiro atoms. The van der Waals surface area contributed by atoms with Crippen molar-refractivity contribution in [3.8, 4) is 5.75 Å². The number of imidazole rings is 1. The van der Waals surface area contributed by atoms with E-state index in [-0.39, 0.29) is 0 Å². The second-order valence-electron chi connectivity index (χ2n) is 9.40. The Labute approximate surface area is 225 Å². The average Bonchev–Trinajstić information content (AvgIpc) is 3.50. The van der Waals surface area contributed by atoms with Gasteiger partial charge in [0.05, 0.1) is 23.8 Å². The number of pyridine rings is 1. The van der Waals surface area contributed by atoms with E-state index < -0.39 is 0 Å². The number of hydrogen-bond donors (Lipinski definition) is 3. The summed E-state index contributed by atoms with van der Waals surface area (Å²) in [6.45, 7) is 5.44. The molecule has 0 aliphatic carbocycles. The summed E-state index contributed by atoms with van der Waals surface area (Å²) < 4.78 is 7.59. The maximum Gasteiger partial charge on any atom is 0.208 e. The van der Waals surface area contributed by atoms with Crippen molar-refractivity contribution in [1.82, 2.24) is 29.8 Å². The number of nitrogen functional groups attached to an aromatic ring is 1. The lowest BCUT2D eigenvalue weighted by molar-refractivity contribution is 0.415. The van der Waals surface area contributed by atoms with Crippen LogP contribution in [0.25, 0.3) is 33.0 Å². The fourth-order valence-electron chi connectivity index (χ4n) is 5.08. The number of fused-ring (bicyclic) bond motifs is 5. The van der Waals surface area contributed by atoms with Gasteiger partial charge in [-0.05, 0) is 62.3 Å². The summed E-state index contributed by atoms with van der Waals surface area (Å²) >= 11 is 6.24. The molecule has 0 bridgehead atoms. The Kier molecular flexibility index (Phi) is 6.73. The van der Waals surface area contributed by atoms with Crippen molar-refractivity contribution in [1.29, 1.82) is 0 Å². The number of methoxy groups -OCH3 is 1. The van der Waals surface area contributed by atoms with Crippen LogP contribution < -0.4 is 26.0 Å². The first-order valence-corrected chi connectivity index (χ1v) is 13.2. The number of aromatic nitrogens is 5. The summed E-state index contributed by atoms with van der Waals surface area (Å²) in [7, 11) is 1.68. The van der Waals surface area contributed by atoms with Crippen molar-refractivity contribution >= 4 is 62.0 Å². The van der Waals surface area contributed by atoms with Crippen LogP contribution in [0.15, 0.2) is 42.7 Å². The smallest absolute Gasteiger partial charge is 0.208 e. The predicted molar refractivity (Wildman–Crippen MR) is 153 cm³/mol. The fraction of sp³-hybridized carbons (Fsp3) is 0.333. The number of nitrogens with one attached hydrogen (secondary N) is 2. The number of ether oxygens (including phenoxy) is 1. The zero-order valence-corrected chi connectivity index (χ0v) is 22.0. The zero-order valence-electron chi connectivity index (χ0n) is 21.2. The van der Waals surface area contributed by atoms with Gasteiger partial charge in [-0.25, -0.2) is 19.9 Å². The highest BCUT2D eigenvalue weighted by molar-refractivity contribution is 6.31. The molecular weight excluding hydrogens is 502 g/mol. The van der Waals surface area contributed by atoms with E-state index >= 15 is 0 Å². The lowest BCUT2D eigenvalue weighted by Crippen LogP contribution is -2.27. The molecule has 0 radical (unpaired) electrons. The molecular formula is C27H30ClN9O. The van der Waals surface area contributed by atoms with Crippen molar-refractivity contribution in [2.24, 2.45) is 0 Å². The minimum Gasteiger partial charge on any atom is -0.497 e. The number of benzene rings is 2. The highest BCUT2D eigenvalue weighted by Gasteiger charge is 2.24. The van der Waals surface area contributed by atoms with Crippen molar-refractivity contribution < 1.29 is 4.74 Å². The normalized spacial score (nSPS) is 13.1. The minimum absolute atomic E-state index is 0.433. The molecule has 0 atom stereocenters. The monoisotopic (exact) mass is 531 g/mol. The predicted octanol–water partition coefficient (Wildman–Crippen LogP) is 4.07. The van der Waals surface area contributed by atoms with Crippen LogP contribution >= 0.6 is 11.6 Å². The molecule has 1 aliphatic heterocycles. The molecule has 3 aromatic heterocycles. The number of halogens is 1. The number of anilines is 3. The summed E-state index contributed by atoms with van der Waals surface area (Å²) in [4.78, 5) is 20.2. The summed E-state index contributed by atoms with van der Waals surface area (Å²) in [5, 5.41) is 9.98. The van der Waals surface area contributed by atoms with E-state index in [1.165, 1.54) is 6.33 Å². The molecule has 2 aromatic carbocycles. The highest BCUT2D eigenvalue weighted by atomic mass is 35.5. The van der Waals surface area contributed by atoms with Gasteiger partial charge in [0.25, 0.3) is 0 Å². The highest BCUT2D eigenvalue weighted by Crippen LogP contribution is 2.34. The van der Waals surface area contributed by atoms with E-state index in [1.54, 1.807) is 7.11 Å². The summed E-state index contributed by atoms with van der Waals surface area (Å²) in [5.41, 5.74) is 10.3. The third kappa shape index (κ3) is 4.61. The van der Waals surface area contributed by atoms with E-state index in [0.717, 1.165) is 96.9 Å². The molecule has 0 saturated heterocycles. The lowest BCUT2D eigenvalue weighted by Gasteiger charge is -2.16. The van der Waals surface area contributed by atoms with Gasteiger partial charge in [-0.2, -0.15) is 0 Å². The van der Waals surface area contributed by atoms with Crippen LogP contribution in [0.2, 0.25) is 5.02 Å². The molecule has 0 unspecified atom stereocenters. The first kappa shape index (κ1) is 24.4. The average molecular weight is 532 g/mol. The van der Waals surface area contributed by atoms with Gasteiger partial charge >= 0.3 is 0 Å². The lowest BCUT2D eigenvalue weighted by atomic mass is 10.1. The largest absolute Gasteiger partial charge is 0.497 e. The molecule has 4 heterocycles. The van der Waals surface area contributed by atoms with Crippen molar-refractivity contribution in [2.45, 2.75) is 19.4 Å². The molecule has 0 saturated carbocycles. The molecule has 4 N–H and O–H groups in total. The molecule has 196 valence electrons. The van der Waals surface area contributed by atoms with Gasteiger partial charge in [0.2, 0.25) is 5.95 Å². The number of rotatable bonds is 10. The molecule has 38 heavy (non-hydrogen) atoms. The fourth-order valence-corrected chi connectivity index (χ4v) is 5.25. The van der Waals surface area contributed by atoms with Crippen LogP contribution in [-0.2, 0) is 6.54 Å². The molecule has 5 aromatic rings. The maximum absolute atomic E-state index is 6.24. The van der Waals surface area contributed by atoms with E-state index in [4.69, 9.17) is 32.0 Å². The third-order valence-corrected chi connectivity index (χ3v) is 7.21. The Morgan fingerprint density at radius 2 is 1.87 bits per heavy atom. The van der Waals surface area contributed by atoms with E-state index in [0.29, 0.717) is 16.4 Å². The Bertz CT molecular complexity index is 1620. The van der Waals surface area contributed by atoms with E-state index in [1.807, 2.05) is 36.4 Å². The van der Waals surface area contributed by atoms with Crippen LogP contribution in [-0.4, -0.2) is 64.3 Å². The Morgan fingerprint density at radius 3 is 2.76 bits per heavy atom. The van der Waals surface area contributed by atoms with Crippen LogP contribution in [0.4, 0.5) is 17.5 Å². The van der Waals surface area contributed by atoms with Gasteiger partial charge in [-0.1, -0.05) is 11.6 Å². The topological polar surface area (TPSA) is 119 Å². The van der Waals surface area contributed by atoms with Gasteiger partial charge < -0.3 is 26.0 Å². The summed E-state index contributed by atoms with van der Waals surface area (Å²) in [5.74, 6) is 2.18. The molecule has 10 nitrogen and oxygen atoms in total. The molecule has 1 aliphatic rings. The second-order valence-corrected chi connectivity index (χ2v) is 9.83. The summed E-state index contributed by atoms with van der Waals surface area (Å²) in [6.07, 6.45) is 3.51. The Hall–Kier alpha value is -3.89. The maximum atomic E-state index is 6.24. The quantitative estimate of drug-likeness (QED) is 0.181. The van der Waals surface area contributed by atoms with Crippen LogP contribution in [0, 0.1) is 0 Å². The molecule has 11 heteroatoms. The molecule has 6 rings (SSSR count). The SMILES string of the molecule is COc1ccc2nc3cc(Cl)ccc3c(NCCCNCCCN3CCn4c3nc3c(N)ncnc34)c2c1. The third-order valence-electron chi connectivity index (χ3n) is 6.97. The van der Waals surface area contributed by atoms with Crippen molar-refractivity contribution in [3.05, 3.63) is 47.7 Å². The van der Waals surface area contributed by atoms with E-state index in [2.05, 4.69) is 30.1 Å². The van der Waals surface area contributed by atoms with Gasteiger partial charge in [0.1, 0.15) is 12.1 Å². The minimum atomic E-state index is 0.433. The molecule has 0 fully saturated rings. The van der Waals surface area contributed by atoms with Crippen LogP contribution in [0.3, 0.4) is 0 Å². The van der Waals surface area contributed by atoms with Gasteiger partial charge in [-0.15, -0.1) is 0 Å². The summed E-state index contributed by atoms with van der Waals surface area (Å²) in [6, 6.07) is 11.8. The van der Waals surface area contributed by atoms with E-state index in [9.17, 15) is 0 Å². The standard InChI is InChI=1S/C27H30ClN9O/c1-38-18-5-7-21-20(15-18)23(19-6-4-17(28)14-22(19)34-21)31-10-2-8-30-9-3-11-36-12-13-37-26-24(35-27(36)37)25(29)32-16-33-26/h4-7,14-16,30H,2-3,8-13H2,1H3,(H,31,34)(H2,29,32,33). The number of hydrogen-bond acceptors (Lipinski definition) is 9. The van der Waals surface area contributed by atoms with Gasteiger partial charge in [-0.3, -0.25) is 4.57 Å². The second kappa shape index (κ2) is 10.5. The number of nitrogens with two attached hydrogens (primary N) is 1. The molecule has 0 amide bonds. The zero-order chi connectivity index (χ0) is 26.1. The van der Waals surface area contributed by atoms with Gasteiger partial charge in [0.15, 0.2) is 17.0 Å². The van der Waals surface area contributed by atoms with Crippen LogP contribution in [0.1, 0.15) is 12.8 Å². The van der Waals surface area contributed by atoms with Gasteiger partial charge in [0, 0.05) is 42.0 Å². The van der Waals surface area contributed by atoms with Crippen molar-refractivity contribution in [2.75, 3.05) is 55.8 Å². The first-order valence-electron chi connectivity index (χ1n) is 12.9.